The Kier molecular flexibility index (Phi) is 7.18. The summed E-state index contributed by atoms with van der Waals surface area (Å²) in [5.41, 5.74) is 1.14. The Labute approximate surface area is 146 Å². The second kappa shape index (κ2) is 9.14. The lowest BCUT2D eigenvalue weighted by Gasteiger charge is -2.39. The van der Waals surface area contributed by atoms with Gasteiger partial charge in [-0.1, -0.05) is 19.9 Å². The van der Waals surface area contributed by atoms with Crippen molar-refractivity contribution in [2.24, 2.45) is 0 Å². The van der Waals surface area contributed by atoms with E-state index in [1.54, 1.807) is 21.3 Å². The van der Waals surface area contributed by atoms with Gasteiger partial charge < -0.3 is 14.2 Å². The summed E-state index contributed by atoms with van der Waals surface area (Å²) in [6.45, 7) is 9.91. The molecule has 0 bridgehead atoms. The van der Waals surface area contributed by atoms with E-state index in [1.165, 1.54) is 12.8 Å². The zero-order valence-electron chi connectivity index (χ0n) is 15.8. The summed E-state index contributed by atoms with van der Waals surface area (Å²) in [5.74, 6) is 2.16. The Morgan fingerprint density at radius 3 is 2.00 bits per heavy atom. The molecule has 136 valence electrons. The second-order valence-electron chi connectivity index (χ2n) is 6.28. The van der Waals surface area contributed by atoms with Gasteiger partial charge in [0.15, 0.2) is 11.5 Å². The van der Waals surface area contributed by atoms with E-state index in [-0.39, 0.29) is 0 Å². The normalized spacial score (nSPS) is 16.4. The molecule has 0 radical (unpaired) electrons. The molecule has 0 aromatic heterocycles. The molecule has 1 aromatic rings. The standard InChI is InChI=1S/C19H32N2O3/c1-6-16(7-2)21-12-10-20(11-13-21)14-15-8-9-17(22-3)19(24-5)18(15)23-4/h8-9,16H,6-7,10-14H2,1-5H3. The van der Waals surface area contributed by atoms with Gasteiger partial charge in [0.2, 0.25) is 5.75 Å². The predicted octanol–water partition coefficient (Wildman–Crippen LogP) is 3.02. The van der Waals surface area contributed by atoms with E-state index in [0.29, 0.717) is 11.5 Å². The molecule has 0 atom stereocenters. The van der Waals surface area contributed by atoms with Gasteiger partial charge in [-0.25, -0.2) is 0 Å². The summed E-state index contributed by atoms with van der Waals surface area (Å²) in [4.78, 5) is 5.12. The molecule has 1 heterocycles. The lowest BCUT2D eigenvalue weighted by molar-refractivity contribution is 0.0875. The zero-order chi connectivity index (χ0) is 17.5. The van der Waals surface area contributed by atoms with Crippen LogP contribution in [0, 0.1) is 0 Å². The van der Waals surface area contributed by atoms with Crippen molar-refractivity contribution in [3.8, 4) is 17.2 Å². The first-order valence-corrected chi connectivity index (χ1v) is 8.92. The highest BCUT2D eigenvalue weighted by Gasteiger charge is 2.23. The molecule has 1 aliphatic heterocycles. The van der Waals surface area contributed by atoms with Crippen LogP contribution >= 0.6 is 0 Å². The topological polar surface area (TPSA) is 34.2 Å². The third-order valence-corrected chi connectivity index (χ3v) is 5.05. The van der Waals surface area contributed by atoms with Crippen LogP contribution in [0.4, 0.5) is 0 Å². The Balaban J connectivity index is 2.05. The van der Waals surface area contributed by atoms with Crippen molar-refractivity contribution in [1.29, 1.82) is 0 Å². The molecular formula is C19H32N2O3. The molecular weight excluding hydrogens is 304 g/mol. The molecule has 1 aliphatic rings. The highest BCUT2D eigenvalue weighted by molar-refractivity contribution is 5.55. The van der Waals surface area contributed by atoms with Crippen LogP contribution < -0.4 is 14.2 Å². The minimum absolute atomic E-state index is 0.674. The summed E-state index contributed by atoms with van der Waals surface area (Å²) >= 11 is 0. The molecule has 0 aliphatic carbocycles. The minimum atomic E-state index is 0.674. The average molecular weight is 336 g/mol. The fourth-order valence-electron chi connectivity index (χ4n) is 3.62. The van der Waals surface area contributed by atoms with Gasteiger partial charge in [0.05, 0.1) is 21.3 Å². The van der Waals surface area contributed by atoms with Crippen molar-refractivity contribution in [2.45, 2.75) is 39.3 Å². The van der Waals surface area contributed by atoms with Crippen LogP contribution in [0.2, 0.25) is 0 Å². The van der Waals surface area contributed by atoms with Gasteiger partial charge in [0, 0.05) is 44.3 Å². The van der Waals surface area contributed by atoms with Crippen molar-refractivity contribution in [2.75, 3.05) is 47.5 Å². The number of piperazine rings is 1. The van der Waals surface area contributed by atoms with Crippen molar-refractivity contribution in [3.05, 3.63) is 17.7 Å². The number of nitrogens with zero attached hydrogens (tertiary/aromatic N) is 2. The van der Waals surface area contributed by atoms with Crippen molar-refractivity contribution >= 4 is 0 Å². The SMILES string of the molecule is CCC(CC)N1CCN(Cc2ccc(OC)c(OC)c2OC)CC1. The first-order chi connectivity index (χ1) is 11.7. The largest absolute Gasteiger partial charge is 0.493 e. The fourth-order valence-corrected chi connectivity index (χ4v) is 3.62. The molecule has 0 unspecified atom stereocenters. The van der Waals surface area contributed by atoms with Crippen LogP contribution in [0.15, 0.2) is 12.1 Å². The highest BCUT2D eigenvalue weighted by atomic mass is 16.5. The molecule has 5 nitrogen and oxygen atoms in total. The van der Waals surface area contributed by atoms with Gasteiger partial charge in [-0.2, -0.15) is 0 Å². The predicted molar refractivity (Wildman–Crippen MR) is 97.3 cm³/mol. The lowest BCUT2D eigenvalue weighted by atomic mass is 10.1. The lowest BCUT2D eigenvalue weighted by Crippen LogP contribution is -2.49. The van der Waals surface area contributed by atoms with E-state index in [4.69, 9.17) is 14.2 Å². The number of rotatable bonds is 8. The molecule has 24 heavy (non-hydrogen) atoms. The summed E-state index contributed by atoms with van der Waals surface area (Å²) in [6.07, 6.45) is 2.47. The van der Waals surface area contributed by atoms with Crippen LogP contribution in [0.25, 0.3) is 0 Å². The summed E-state index contributed by atoms with van der Waals surface area (Å²) in [6, 6.07) is 4.76. The third-order valence-electron chi connectivity index (χ3n) is 5.05. The molecule has 2 rings (SSSR count). The maximum Gasteiger partial charge on any atom is 0.203 e. The Morgan fingerprint density at radius 1 is 0.875 bits per heavy atom. The highest BCUT2D eigenvalue weighted by Crippen LogP contribution is 2.40. The average Bonchev–Trinajstić information content (AvgIpc) is 2.63. The Hall–Kier alpha value is -1.46. The Morgan fingerprint density at radius 2 is 1.50 bits per heavy atom. The first kappa shape index (κ1) is 18.9. The number of hydrogen-bond donors (Lipinski definition) is 0. The monoisotopic (exact) mass is 336 g/mol. The van der Waals surface area contributed by atoms with Gasteiger partial charge in [-0.05, 0) is 18.9 Å². The van der Waals surface area contributed by atoms with E-state index in [1.807, 2.05) is 6.07 Å². The van der Waals surface area contributed by atoms with E-state index in [0.717, 1.165) is 50.1 Å². The van der Waals surface area contributed by atoms with Gasteiger partial charge in [-0.3, -0.25) is 9.80 Å². The molecule has 1 fully saturated rings. The van der Waals surface area contributed by atoms with Crippen LogP contribution in [0.5, 0.6) is 17.2 Å². The van der Waals surface area contributed by atoms with Gasteiger partial charge in [-0.15, -0.1) is 0 Å². The van der Waals surface area contributed by atoms with Gasteiger partial charge >= 0.3 is 0 Å². The van der Waals surface area contributed by atoms with E-state index < -0.39 is 0 Å². The third kappa shape index (κ3) is 4.14. The maximum atomic E-state index is 5.60. The number of benzene rings is 1. The van der Waals surface area contributed by atoms with Crippen LogP contribution in [-0.4, -0.2) is 63.4 Å². The zero-order valence-corrected chi connectivity index (χ0v) is 15.8. The summed E-state index contributed by atoms with van der Waals surface area (Å²) in [5, 5.41) is 0. The van der Waals surface area contributed by atoms with E-state index >= 15 is 0 Å². The van der Waals surface area contributed by atoms with Crippen molar-refractivity contribution < 1.29 is 14.2 Å². The Bertz CT molecular complexity index is 510. The smallest absolute Gasteiger partial charge is 0.203 e. The molecule has 0 spiro atoms. The minimum Gasteiger partial charge on any atom is -0.493 e. The fraction of sp³-hybridized carbons (Fsp3) is 0.684. The quantitative estimate of drug-likeness (QED) is 0.729. The van der Waals surface area contributed by atoms with E-state index in [2.05, 4.69) is 29.7 Å². The molecule has 1 saturated heterocycles. The number of methoxy groups -OCH3 is 3. The van der Waals surface area contributed by atoms with E-state index in [9.17, 15) is 0 Å². The van der Waals surface area contributed by atoms with Crippen LogP contribution in [0.3, 0.4) is 0 Å². The van der Waals surface area contributed by atoms with Crippen LogP contribution in [-0.2, 0) is 6.54 Å². The number of ether oxygens (including phenoxy) is 3. The maximum absolute atomic E-state index is 5.60. The number of hydrogen-bond acceptors (Lipinski definition) is 5. The molecule has 0 saturated carbocycles. The summed E-state index contributed by atoms with van der Waals surface area (Å²) < 4.78 is 16.5. The van der Waals surface area contributed by atoms with Crippen LogP contribution in [0.1, 0.15) is 32.3 Å². The molecule has 1 aromatic carbocycles. The van der Waals surface area contributed by atoms with Gasteiger partial charge in [0.25, 0.3) is 0 Å². The second-order valence-corrected chi connectivity index (χ2v) is 6.28. The summed E-state index contributed by atoms with van der Waals surface area (Å²) in [7, 11) is 4.98. The van der Waals surface area contributed by atoms with Gasteiger partial charge in [0.1, 0.15) is 0 Å². The molecule has 5 heteroatoms. The van der Waals surface area contributed by atoms with Crippen molar-refractivity contribution in [3.63, 3.8) is 0 Å². The van der Waals surface area contributed by atoms with Crippen molar-refractivity contribution in [1.82, 2.24) is 9.80 Å². The molecule has 0 N–H and O–H groups in total. The molecule has 0 amide bonds. The first-order valence-electron chi connectivity index (χ1n) is 8.92.